The predicted octanol–water partition coefficient (Wildman–Crippen LogP) is 1.13. The number of hydrogen-bond acceptors (Lipinski definition) is 3. The van der Waals surface area contributed by atoms with Crippen molar-refractivity contribution in [1.82, 2.24) is 10.2 Å². The highest BCUT2D eigenvalue weighted by atomic mass is 16.2. The van der Waals surface area contributed by atoms with Crippen LogP contribution >= 0.6 is 0 Å². The van der Waals surface area contributed by atoms with Gasteiger partial charge in [-0.3, -0.25) is 9.59 Å². The highest BCUT2D eigenvalue weighted by Gasteiger charge is 2.34. The molecule has 3 rings (SSSR count). The van der Waals surface area contributed by atoms with Crippen LogP contribution in [0.1, 0.15) is 25.3 Å². The Hall–Kier alpha value is -2.04. The fourth-order valence-corrected chi connectivity index (χ4v) is 3.24. The summed E-state index contributed by atoms with van der Waals surface area (Å²) in [6.45, 7) is 3.47. The zero-order valence-corrected chi connectivity index (χ0v) is 12.5. The predicted molar refractivity (Wildman–Crippen MR) is 80.9 cm³/mol. The number of anilines is 1. The summed E-state index contributed by atoms with van der Waals surface area (Å²) in [6.07, 6.45) is 1.06. The normalized spacial score (nSPS) is 25.3. The minimum atomic E-state index is -0.351. The largest absolute Gasteiger partial charge is 0.372 e. The maximum absolute atomic E-state index is 12.7. The molecule has 2 heterocycles. The second-order valence-electron chi connectivity index (χ2n) is 5.98. The maximum Gasteiger partial charge on any atom is 0.245 e. The molecule has 1 N–H and O–H groups in total. The van der Waals surface area contributed by atoms with Gasteiger partial charge in [0, 0.05) is 38.3 Å². The summed E-state index contributed by atoms with van der Waals surface area (Å²) >= 11 is 0. The molecule has 1 fully saturated rings. The molecule has 2 aliphatic rings. The lowest BCUT2D eigenvalue weighted by molar-refractivity contribution is -0.136. The average molecular weight is 287 g/mol. The number of nitrogens with zero attached hydrogens (tertiary/aromatic N) is 2. The average Bonchev–Trinajstić information content (AvgIpc) is 2.85. The quantitative estimate of drug-likeness (QED) is 0.842. The lowest BCUT2D eigenvalue weighted by atomic mass is 10.1. The molecule has 1 aromatic rings. The van der Waals surface area contributed by atoms with E-state index in [0.717, 1.165) is 12.1 Å². The van der Waals surface area contributed by atoms with Gasteiger partial charge in [-0.05, 0) is 25.0 Å². The molecule has 0 spiro atoms. The van der Waals surface area contributed by atoms with Crippen LogP contribution in [-0.2, 0) is 16.1 Å². The van der Waals surface area contributed by atoms with Gasteiger partial charge in [-0.1, -0.05) is 18.2 Å². The number of likely N-dealkylation sites (N-methyl/N-ethyl adjacent to an activating group) is 1. The Bertz CT molecular complexity index is 572. The van der Waals surface area contributed by atoms with E-state index in [9.17, 15) is 9.59 Å². The SMILES string of the molecule is CC1CN(C)c2ccccc2CN1C(=O)C1CCC(=O)N1. The number of hydrogen-bond donors (Lipinski definition) is 1. The third-order valence-corrected chi connectivity index (χ3v) is 4.39. The van der Waals surface area contributed by atoms with Crippen molar-refractivity contribution in [3.05, 3.63) is 29.8 Å². The molecule has 21 heavy (non-hydrogen) atoms. The Kier molecular flexibility index (Phi) is 3.57. The summed E-state index contributed by atoms with van der Waals surface area (Å²) in [4.78, 5) is 28.2. The van der Waals surface area contributed by atoms with E-state index < -0.39 is 0 Å². The smallest absolute Gasteiger partial charge is 0.245 e. The van der Waals surface area contributed by atoms with E-state index in [4.69, 9.17) is 0 Å². The summed E-state index contributed by atoms with van der Waals surface area (Å²) < 4.78 is 0. The molecule has 1 saturated heterocycles. The molecule has 0 bridgehead atoms. The molecular weight excluding hydrogens is 266 g/mol. The molecular formula is C16H21N3O2. The summed E-state index contributed by atoms with van der Waals surface area (Å²) in [6, 6.07) is 7.95. The molecule has 2 aliphatic heterocycles. The molecule has 112 valence electrons. The zero-order chi connectivity index (χ0) is 15.0. The number of benzene rings is 1. The van der Waals surface area contributed by atoms with Crippen molar-refractivity contribution in [3.63, 3.8) is 0 Å². The lowest BCUT2D eigenvalue weighted by Crippen LogP contribution is -2.49. The molecule has 1 aromatic carbocycles. The van der Waals surface area contributed by atoms with Crippen LogP contribution in [0.3, 0.4) is 0 Å². The number of carbonyl (C=O) groups excluding carboxylic acids is 2. The highest BCUT2D eigenvalue weighted by Crippen LogP contribution is 2.27. The van der Waals surface area contributed by atoms with Gasteiger partial charge in [-0.25, -0.2) is 0 Å². The molecule has 2 unspecified atom stereocenters. The molecule has 5 nitrogen and oxygen atoms in total. The number of amides is 2. The second kappa shape index (κ2) is 5.39. The fraction of sp³-hybridized carbons (Fsp3) is 0.500. The van der Waals surface area contributed by atoms with Gasteiger partial charge in [0.1, 0.15) is 6.04 Å². The van der Waals surface area contributed by atoms with E-state index in [2.05, 4.69) is 36.3 Å². The second-order valence-corrected chi connectivity index (χ2v) is 5.98. The summed E-state index contributed by atoms with van der Waals surface area (Å²) in [5, 5.41) is 2.78. The van der Waals surface area contributed by atoms with Crippen LogP contribution in [0.5, 0.6) is 0 Å². The first kappa shape index (κ1) is 13.9. The Morgan fingerprint density at radius 2 is 2.10 bits per heavy atom. The minimum Gasteiger partial charge on any atom is -0.372 e. The van der Waals surface area contributed by atoms with Crippen LogP contribution in [0.2, 0.25) is 0 Å². The Morgan fingerprint density at radius 3 is 2.81 bits per heavy atom. The van der Waals surface area contributed by atoms with Crippen LogP contribution in [0.25, 0.3) is 0 Å². The third kappa shape index (κ3) is 2.60. The van der Waals surface area contributed by atoms with Gasteiger partial charge in [-0.2, -0.15) is 0 Å². The van der Waals surface area contributed by atoms with Crippen molar-refractivity contribution in [1.29, 1.82) is 0 Å². The Morgan fingerprint density at radius 1 is 1.33 bits per heavy atom. The first-order chi connectivity index (χ1) is 10.1. The molecule has 5 heteroatoms. The molecule has 0 saturated carbocycles. The zero-order valence-electron chi connectivity index (χ0n) is 12.5. The van der Waals surface area contributed by atoms with E-state index in [0.29, 0.717) is 19.4 Å². The number of rotatable bonds is 1. The first-order valence-corrected chi connectivity index (χ1v) is 7.45. The molecule has 0 aliphatic carbocycles. The van der Waals surface area contributed by atoms with Crippen molar-refractivity contribution in [2.75, 3.05) is 18.5 Å². The number of para-hydroxylation sites is 1. The minimum absolute atomic E-state index is 0.0201. The van der Waals surface area contributed by atoms with Crippen LogP contribution in [0, 0.1) is 0 Å². The van der Waals surface area contributed by atoms with Crippen molar-refractivity contribution >= 4 is 17.5 Å². The fourth-order valence-electron chi connectivity index (χ4n) is 3.24. The van der Waals surface area contributed by atoms with Gasteiger partial charge in [-0.15, -0.1) is 0 Å². The van der Waals surface area contributed by atoms with Gasteiger partial charge >= 0.3 is 0 Å². The summed E-state index contributed by atoms with van der Waals surface area (Å²) in [7, 11) is 2.06. The van der Waals surface area contributed by atoms with Crippen LogP contribution in [0.15, 0.2) is 24.3 Å². The van der Waals surface area contributed by atoms with Crippen LogP contribution in [0.4, 0.5) is 5.69 Å². The van der Waals surface area contributed by atoms with Crippen LogP contribution < -0.4 is 10.2 Å². The number of nitrogens with one attached hydrogen (secondary N) is 1. The van der Waals surface area contributed by atoms with Gasteiger partial charge in [0.25, 0.3) is 0 Å². The molecule has 0 aromatic heterocycles. The monoisotopic (exact) mass is 287 g/mol. The van der Waals surface area contributed by atoms with Gasteiger partial charge in [0.15, 0.2) is 0 Å². The standard InChI is InChI=1S/C16H21N3O2/c1-11-9-18(2)14-6-4-3-5-12(14)10-19(11)16(21)13-7-8-15(20)17-13/h3-6,11,13H,7-10H2,1-2H3,(H,17,20). The maximum atomic E-state index is 12.7. The van der Waals surface area contributed by atoms with E-state index in [1.54, 1.807) is 0 Å². The van der Waals surface area contributed by atoms with E-state index in [1.165, 1.54) is 5.69 Å². The van der Waals surface area contributed by atoms with Crippen LogP contribution in [-0.4, -0.2) is 42.4 Å². The Balaban J connectivity index is 1.85. The van der Waals surface area contributed by atoms with Gasteiger partial charge in [0.05, 0.1) is 0 Å². The number of carbonyl (C=O) groups is 2. The first-order valence-electron chi connectivity index (χ1n) is 7.45. The van der Waals surface area contributed by atoms with E-state index >= 15 is 0 Å². The molecule has 2 atom stereocenters. The van der Waals surface area contributed by atoms with Crippen molar-refractivity contribution in [3.8, 4) is 0 Å². The van der Waals surface area contributed by atoms with Crippen molar-refractivity contribution in [2.45, 2.75) is 38.4 Å². The Labute approximate surface area is 124 Å². The van der Waals surface area contributed by atoms with Gasteiger partial charge < -0.3 is 15.1 Å². The highest BCUT2D eigenvalue weighted by molar-refractivity contribution is 5.91. The summed E-state index contributed by atoms with van der Waals surface area (Å²) in [5.41, 5.74) is 2.33. The van der Waals surface area contributed by atoms with Crippen molar-refractivity contribution in [2.24, 2.45) is 0 Å². The van der Waals surface area contributed by atoms with E-state index in [-0.39, 0.29) is 23.9 Å². The number of fused-ring (bicyclic) bond motifs is 1. The van der Waals surface area contributed by atoms with E-state index in [1.807, 2.05) is 17.0 Å². The third-order valence-electron chi connectivity index (χ3n) is 4.39. The topological polar surface area (TPSA) is 52.7 Å². The lowest BCUT2D eigenvalue weighted by Gasteiger charge is -2.30. The summed E-state index contributed by atoms with van der Waals surface area (Å²) in [5.74, 6) is 0.0202. The van der Waals surface area contributed by atoms with Crippen molar-refractivity contribution < 1.29 is 9.59 Å². The van der Waals surface area contributed by atoms with Gasteiger partial charge in [0.2, 0.25) is 11.8 Å². The molecule has 2 amide bonds. The molecule has 0 radical (unpaired) electrons.